The van der Waals surface area contributed by atoms with Crippen molar-refractivity contribution in [3.63, 3.8) is 0 Å². The predicted molar refractivity (Wildman–Crippen MR) is 82.9 cm³/mol. The van der Waals surface area contributed by atoms with Gasteiger partial charge in [0.15, 0.2) is 0 Å². The summed E-state index contributed by atoms with van der Waals surface area (Å²) < 4.78 is 26.5. The standard InChI is InChI=1S/C15H22N2O3S/c1-5-16(6-2)21(19,20)14-7-8-15-13(10-14)9-11(3)17(15)12(4)18/h7-8,10-11H,5-6,9H2,1-4H3/t11-/m1/s1. The molecule has 1 atom stereocenters. The van der Waals surface area contributed by atoms with Crippen LogP contribution >= 0.6 is 0 Å². The van der Waals surface area contributed by atoms with E-state index >= 15 is 0 Å². The highest BCUT2D eigenvalue weighted by Gasteiger charge is 2.31. The van der Waals surface area contributed by atoms with E-state index < -0.39 is 10.0 Å². The zero-order valence-corrected chi connectivity index (χ0v) is 13.8. The van der Waals surface area contributed by atoms with Crippen molar-refractivity contribution in [3.05, 3.63) is 23.8 Å². The number of hydrogen-bond donors (Lipinski definition) is 0. The highest BCUT2D eigenvalue weighted by atomic mass is 32.2. The van der Waals surface area contributed by atoms with Crippen molar-refractivity contribution in [2.75, 3.05) is 18.0 Å². The monoisotopic (exact) mass is 310 g/mol. The summed E-state index contributed by atoms with van der Waals surface area (Å²) in [5.41, 5.74) is 1.75. The Morgan fingerprint density at radius 2 is 1.95 bits per heavy atom. The van der Waals surface area contributed by atoms with Crippen molar-refractivity contribution in [1.29, 1.82) is 0 Å². The SMILES string of the molecule is CCN(CC)S(=O)(=O)c1ccc2c(c1)C[C@@H](C)N2C(C)=O. The molecule has 1 amide bonds. The number of rotatable bonds is 4. The first-order chi connectivity index (χ1) is 9.82. The molecule has 0 saturated carbocycles. The van der Waals surface area contributed by atoms with Crippen LogP contribution in [0.4, 0.5) is 5.69 Å². The molecule has 2 rings (SSSR count). The van der Waals surface area contributed by atoms with Crippen LogP contribution < -0.4 is 4.90 Å². The Bertz CT molecular complexity index is 651. The van der Waals surface area contributed by atoms with Crippen LogP contribution in [-0.4, -0.2) is 37.8 Å². The molecule has 0 bridgehead atoms. The second-order valence-corrected chi connectivity index (χ2v) is 7.26. The summed E-state index contributed by atoms with van der Waals surface area (Å²) in [5.74, 6) is -0.0133. The van der Waals surface area contributed by atoms with E-state index in [1.807, 2.05) is 20.8 Å². The van der Waals surface area contributed by atoms with Crippen LogP contribution in [0.15, 0.2) is 23.1 Å². The molecule has 116 valence electrons. The molecular formula is C15H22N2O3S. The molecule has 0 unspecified atom stereocenters. The molecule has 1 aliphatic heterocycles. The summed E-state index contributed by atoms with van der Waals surface area (Å²) in [7, 11) is -3.45. The van der Waals surface area contributed by atoms with Gasteiger partial charge in [-0.1, -0.05) is 13.8 Å². The minimum absolute atomic E-state index is 0.0133. The fourth-order valence-electron chi connectivity index (χ4n) is 2.96. The molecule has 0 aliphatic carbocycles. The summed E-state index contributed by atoms with van der Waals surface area (Å²) in [4.78, 5) is 13.7. The average Bonchev–Trinajstić information content (AvgIpc) is 2.74. The fraction of sp³-hybridized carbons (Fsp3) is 0.533. The molecule has 0 fully saturated rings. The molecule has 21 heavy (non-hydrogen) atoms. The quantitative estimate of drug-likeness (QED) is 0.855. The highest BCUT2D eigenvalue weighted by Crippen LogP contribution is 2.34. The van der Waals surface area contributed by atoms with Gasteiger partial charge >= 0.3 is 0 Å². The van der Waals surface area contributed by atoms with Crippen LogP contribution in [0.3, 0.4) is 0 Å². The van der Waals surface area contributed by atoms with E-state index in [1.54, 1.807) is 23.1 Å². The van der Waals surface area contributed by atoms with Crippen molar-refractivity contribution >= 4 is 21.6 Å². The van der Waals surface area contributed by atoms with Gasteiger partial charge in [-0.05, 0) is 37.1 Å². The van der Waals surface area contributed by atoms with E-state index in [0.29, 0.717) is 24.4 Å². The maximum atomic E-state index is 12.5. The third kappa shape index (κ3) is 2.70. The summed E-state index contributed by atoms with van der Waals surface area (Å²) in [5, 5.41) is 0. The van der Waals surface area contributed by atoms with Gasteiger partial charge in [0, 0.05) is 31.7 Å². The lowest BCUT2D eigenvalue weighted by molar-refractivity contribution is -0.116. The van der Waals surface area contributed by atoms with E-state index in [4.69, 9.17) is 0 Å². The smallest absolute Gasteiger partial charge is 0.243 e. The normalized spacial score (nSPS) is 18.1. The van der Waals surface area contributed by atoms with Gasteiger partial charge in [-0.25, -0.2) is 8.42 Å². The maximum absolute atomic E-state index is 12.5. The minimum Gasteiger partial charge on any atom is -0.309 e. The second-order valence-electron chi connectivity index (χ2n) is 5.32. The molecule has 1 heterocycles. The van der Waals surface area contributed by atoms with Gasteiger partial charge in [0.05, 0.1) is 4.90 Å². The maximum Gasteiger partial charge on any atom is 0.243 e. The summed E-state index contributed by atoms with van der Waals surface area (Å²) in [6, 6.07) is 5.13. The van der Waals surface area contributed by atoms with Crippen molar-refractivity contribution in [2.24, 2.45) is 0 Å². The first-order valence-corrected chi connectivity index (χ1v) is 8.69. The van der Waals surface area contributed by atoms with E-state index in [1.165, 1.54) is 11.2 Å². The molecule has 1 aliphatic rings. The molecule has 1 aromatic rings. The number of nitrogens with zero attached hydrogens (tertiary/aromatic N) is 2. The van der Waals surface area contributed by atoms with Crippen LogP contribution in [0.1, 0.15) is 33.3 Å². The van der Waals surface area contributed by atoms with Crippen molar-refractivity contribution < 1.29 is 13.2 Å². The Kier molecular flexibility index (Phi) is 4.39. The zero-order chi connectivity index (χ0) is 15.8. The lowest BCUT2D eigenvalue weighted by Gasteiger charge is -2.21. The van der Waals surface area contributed by atoms with Crippen LogP contribution in [0.5, 0.6) is 0 Å². The molecule has 5 nitrogen and oxygen atoms in total. The van der Waals surface area contributed by atoms with E-state index in [2.05, 4.69) is 0 Å². The Morgan fingerprint density at radius 3 is 2.48 bits per heavy atom. The molecule has 0 N–H and O–H groups in total. The molecule has 0 radical (unpaired) electrons. The predicted octanol–water partition coefficient (Wildman–Crippen LogP) is 2.01. The van der Waals surface area contributed by atoms with Gasteiger partial charge in [-0.3, -0.25) is 4.79 Å². The number of sulfonamides is 1. The molecule has 6 heteroatoms. The third-order valence-electron chi connectivity index (χ3n) is 3.95. The molecule has 1 aromatic carbocycles. The summed E-state index contributed by atoms with van der Waals surface area (Å²) in [6.45, 7) is 8.06. The Balaban J connectivity index is 2.45. The third-order valence-corrected chi connectivity index (χ3v) is 5.99. The Hall–Kier alpha value is -1.40. The first kappa shape index (κ1) is 16.0. The molecular weight excluding hydrogens is 288 g/mol. The molecule has 0 spiro atoms. The highest BCUT2D eigenvalue weighted by molar-refractivity contribution is 7.89. The summed E-state index contributed by atoms with van der Waals surface area (Å²) in [6.07, 6.45) is 0.691. The van der Waals surface area contributed by atoms with E-state index in [9.17, 15) is 13.2 Å². The number of carbonyl (C=O) groups is 1. The van der Waals surface area contributed by atoms with Gasteiger partial charge in [0.2, 0.25) is 15.9 Å². The number of anilines is 1. The average molecular weight is 310 g/mol. The number of fused-ring (bicyclic) bond motifs is 1. The molecule has 0 saturated heterocycles. The van der Waals surface area contributed by atoms with Gasteiger partial charge in [-0.15, -0.1) is 0 Å². The van der Waals surface area contributed by atoms with Gasteiger partial charge in [-0.2, -0.15) is 4.31 Å². The van der Waals surface area contributed by atoms with Crippen LogP contribution in [0.25, 0.3) is 0 Å². The molecule has 0 aromatic heterocycles. The lowest BCUT2D eigenvalue weighted by atomic mass is 10.1. The zero-order valence-electron chi connectivity index (χ0n) is 13.0. The number of carbonyl (C=O) groups excluding carboxylic acids is 1. The fourth-order valence-corrected chi connectivity index (χ4v) is 4.47. The number of amides is 1. The van der Waals surface area contributed by atoms with Crippen molar-refractivity contribution in [3.8, 4) is 0 Å². The van der Waals surface area contributed by atoms with Gasteiger partial charge < -0.3 is 4.90 Å². The number of hydrogen-bond acceptors (Lipinski definition) is 3. The van der Waals surface area contributed by atoms with Crippen LogP contribution in [0, 0.1) is 0 Å². The topological polar surface area (TPSA) is 57.7 Å². The number of benzene rings is 1. The Labute approximate surface area is 126 Å². The minimum atomic E-state index is -3.45. The van der Waals surface area contributed by atoms with E-state index in [0.717, 1.165) is 11.3 Å². The lowest BCUT2D eigenvalue weighted by Crippen LogP contribution is -2.33. The summed E-state index contributed by atoms with van der Waals surface area (Å²) >= 11 is 0. The van der Waals surface area contributed by atoms with Gasteiger partial charge in [0.25, 0.3) is 0 Å². The second kappa shape index (κ2) is 5.77. The largest absolute Gasteiger partial charge is 0.309 e. The van der Waals surface area contributed by atoms with Crippen molar-refractivity contribution in [1.82, 2.24) is 4.31 Å². The van der Waals surface area contributed by atoms with Gasteiger partial charge in [0.1, 0.15) is 0 Å². The Morgan fingerprint density at radius 1 is 1.33 bits per heavy atom. The van der Waals surface area contributed by atoms with Crippen molar-refractivity contribution in [2.45, 2.75) is 45.1 Å². The van der Waals surface area contributed by atoms with Crippen LogP contribution in [-0.2, 0) is 21.2 Å². The first-order valence-electron chi connectivity index (χ1n) is 7.25. The van der Waals surface area contributed by atoms with Crippen LogP contribution in [0.2, 0.25) is 0 Å². The van der Waals surface area contributed by atoms with E-state index in [-0.39, 0.29) is 11.9 Å².